The lowest BCUT2D eigenvalue weighted by Gasteiger charge is -2.29. The summed E-state index contributed by atoms with van der Waals surface area (Å²) in [5.74, 6) is 0.316. The number of nitrogens with one attached hydrogen (secondary N) is 3. The van der Waals surface area contributed by atoms with E-state index in [1.165, 1.54) is 11.3 Å². The van der Waals surface area contributed by atoms with Crippen LogP contribution in [-0.2, 0) is 4.79 Å². The molecule has 2 heterocycles. The van der Waals surface area contributed by atoms with Crippen LogP contribution < -0.4 is 15.5 Å². The topological polar surface area (TPSA) is 85.3 Å². The van der Waals surface area contributed by atoms with Crippen molar-refractivity contribution in [3.05, 3.63) is 45.6 Å². The molecule has 1 fully saturated rings. The van der Waals surface area contributed by atoms with E-state index in [1.54, 1.807) is 12.1 Å². The lowest BCUT2D eigenvalue weighted by Crippen LogP contribution is -2.44. The SMILES string of the molecule is CC(C)CC(NC(=O)c1ccc(Cl)s1)C(=O)Nc1ccc(N2CCCCC2=N)cc1. The van der Waals surface area contributed by atoms with E-state index in [9.17, 15) is 9.59 Å². The lowest BCUT2D eigenvalue weighted by atomic mass is 10.0. The van der Waals surface area contributed by atoms with Gasteiger partial charge < -0.3 is 15.5 Å². The van der Waals surface area contributed by atoms with Crippen LogP contribution in [0.2, 0.25) is 4.34 Å². The molecule has 0 radical (unpaired) electrons. The monoisotopic (exact) mass is 446 g/mol. The number of amides is 2. The van der Waals surface area contributed by atoms with Crippen LogP contribution in [0.5, 0.6) is 0 Å². The third-order valence-corrected chi connectivity index (χ3v) is 6.17. The molecule has 160 valence electrons. The van der Waals surface area contributed by atoms with Gasteiger partial charge in [0.25, 0.3) is 5.91 Å². The van der Waals surface area contributed by atoms with Crippen LogP contribution in [0, 0.1) is 11.3 Å². The van der Waals surface area contributed by atoms with Crippen LogP contribution in [0.3, 0.4) is 0 Å². The van der Waals surface area contributed by atoms with Gasteiger partial charge in [0.2, 0.25) is 5.91 Å². The maximum absolute atomic E-state index is 12.9. The number of benzene rings is 1. The van der Waals surface area contributed by atoms with E-state index in [2.05, 4.69) is 10.6 Å². The average molecular weight is 447 g/mol. The molecule has 0 saturated carbocycles. The Kier molecular flexibility index (Phi) is 7.50. The highest BCUT2D eigenvalue weighted by atomic mass is 35.5. The smallest absolute Gasteiger partial charge is 0.262 e. The second-order valence-electron chi connectivity index (χ2n) is 7.85. The van der Waals surface area contributed by atoms with Gasteiger partial charge >= 0.3 is 0 Å². The molecule has 1 atom stereocenters. The molecule has 0 spiro atoms. The summed E-state index contributed by atoms with van der Waals surface area (Å²) in [6.45, 7) is 4.87. The Morgan fingerprint density at radius 3 is 2.50 bits per heavy atom. The number of amidine groups is 1. The number of anilines is 2. The Balaban J connectivity index is 1.65. The van der Waals surface area contributed by atoms with E-state index in [0.29, 0.717) is 27.2 Å². The number of carbonyl (C=O) groups excluding carboxylic acids is 2. The van der Waals surface area contributed by atoms with Gasteiger partial charge in [-0.1, -0.05) is 25.4 Å². The van der Waals surface area contributed by atoms with Crippen LogP contribution in [0.25, 0.3) is 0 Å². The number of nitrogens with zero attached hydrogens (tertiary/aromatic N) is 1. The van der Waals surface area contributed by atoms with Crippen molar-refractivity contribution in [3.8, 4) is 0 Å². The highest BCUT2D eigenvalue weighted by molar-refractivity contribution is 7.18. The van der Waals surface area contributed by atoms with Gasteiger partial charge in [0.15, 0.2) is 0 Å². The number of thiophene rings is 1. The second kappa shape index (κ2) is 10.1. The molecule has 30 heavy (non-hydrogen) atoms. The predicted molar refractivity (Wildman–Crippen MR) is 124 cm³/mol. The molecule has 3 rings (SSSR count). The molecule has 0 aliphatic carbocycles. The van der Waals surface area contributed by atoms with Crippen LogP contribution in [0.4, 0.5) is 11.4 Å². The Labute approximate surface area is 186 Å². The van der Waals surface area contributed by atoms with E-state index < -0.39 is 6.04 Å². The van der Waals surface area contributed by atoms with E-state index in [0.717, 1.165) is 31.5 Å². The molecule has 3 N–H and O–H groups in total. The first-order valence-corrected chi connectivity index (χ1v) is 11.3. The van der Waals surface area contributed by atoms with Crippen molar-refractivity contribution in [2.45, 2.75) is 45.6 Å². The summed E-state index contributed by atoms with van der Waals surface area (Å²) >= 11 is 7.10. The van der Waals surface area contributed by atoms with Crippen LogP contribution in [-0.4, -0.2) is 30.2 Å². The van der Waals surface area contributed by atoms with Gasteiger partial charge in [-0.2, -0.15) is 0 Å². The van der Waals surface area contributed by atoms with Gasteiger partial charge in [0.1, 0.15) is 11.9 Å². The third-order valence-electron chi connectivity index (χ3n) is 4.94. The normalized spacial score (nSPS) is 15.2. The fourth-order valence-corrected chi connectivity index (χ4v) is 4.39. The molecule has 2 amide bonds. The number of halogens is 1. The maximum atomic E-state index is 12.9. The molecular weight excluding hydrogens is 420 g/mol. The van der Waals surface area contributed by atoms with Crippen molar-refractivity contribution in [1.82, 2.24) is 5.32 Å². The van der Waals surface area contributed by atoms with Crippen molar-refractivity contribution >= 4 is 52.0 Å². The Bertz CT molecular complexity index is 910. The van der Waals surface area contributed by atoms with E-state index >= 15 is 0 Å². The molecule has 0 bridgehead atoms. The Morgan fingerprint density at radius 1 is 1.17 bits per heavy atom. The third kappa shape index (κ3) is 5.83. The molecule has 1 aromatic heterocycles. The minimum atomic E-state index is -0.645. The first-order chi connectivity index (χ1) is 14.3. The van der Waals surface area contributed by atoms with Gasteiger partial charge in [0, 0.05) is 24.3 Å². The minimum absolute atomic E-state index is 0.237. The van der Waals surface area contributed by atoms with Crippen LogP contribution in [0.15, 0.2) is 36.4 Å². The second-order valence-corrected chi connectivity index (χ2v) is 9.57. The lowest BCUT2D eigenvalue weighted by molar-refractivity contribution is -0.118. The van der Waals surface area contributed by atoms with Gasteiger partial charge in [-0.3, -0.25) is 15.0 Å². The number of carbonyl (C=O) groups is 2. The molecule has 1 saturated heterocycles. The van der Waals surface area contributed by atoms with Crippen molar-refractivity contribution in [1.29, 1.82) is 5.41 Å². The summed E-state index contributed by atoms with van der Waals surface area (Å²) in [6, 6.07) is 10.2. The first-order valence-electron chi connectivity index (χ1n) is 10.2. The van der Waals surface area contributed by atoms with E-state index in [1.807, 2.05) is 43.0 Å². The van der Waals surface area contributed by atoms with E-state index in [4.69, 9.17) is 17.0 Å². The summed E-state index contributed by atoms with van der Waals surface area (Å²) < 4.78 is 0.534. The molecule has 1 aromatic carbocycles. The van der Waals surface area contributed by atoms with Crippen LogP contribution >= 0.6 is 22.9 Å². The highest BCUT2D eigenvalue weighted by Gasteiger charge is 2.24. The summed E-state index contributed by atoms with van der Waals surface area (Å²) in [7, 11) is 0. The highest BCUT2D eigenvalue weighted by Crippen LogP contribution is 2.24. The van der Waals surface area contributed by atoms with Gasteiger partial charge in [-0.25, -0.2) is 0 Å². The number of piperidine rings is 1. The first kappa shape index (κ1) is 22.3. The zero-order chi connectivity index (χ0) is 21.7. The summed E-state index contributed by atoms with van der Waals surface area (Å²) in [5, 5.41) is 13.9. The predicted octanol–water partition coefficient (Wildman–Crippen LogP) is 5.15. The molecule has 8 heteroatoms. The van der Waals surface area contributed by atoms with Gasteiger partial charge in [0.05, 0.1) is 9.21 Å². The largest absolute Gasteiger partial charge is 0.340 e. The minimum Gasteiger partial charge on any atom is -0.340 e. The maximum Gasteiger partial charge on any atom is 0.262 e. The molecule has 2 aromatic rings. The summed E-state index contributed by atoms with van der Waals surface area (Å²) in [4.78, 5) is 27.8. The summed E-state index contributed by atoms with van der Waals surface area (Å²) in [6.07, 6.45) is 3.46. The van der Waals surface area contributed by atoms with Crippen LogP contribution in [0.1, 0.15) is 49.2 Å². The summed E-state index contributed by atoms with van der Waals surface area (Å²) in [5.41, 5.74) is 1.62. The van der Waals surface area contributed by atoms with Gasteiger partial charge in [-0.05, 0) is 61.6 Å². The fourth-order valence-electron chi connectivity index (χ4n) is 3.44. The van der Waals surface area contributed by atoms with Crippen molar-refractivity contribution < 1.29 is 9.59 Å². The molecule has 1 aliphatic heterocycles. The number of rotatable bonds is 7. The van der Waals surface area contributed by atoms with Crippen molar-refractivity contribution in [2.24, 2.45) is 5.92 Å². The molecular formula is C22H27ClN4O2S. The Morgan fingerprint density at radius 2 is 1.90 bits per heavy atom. The van der Waals surface area contributed by atoms with E-state index in [-0.39, 0.29) is 17.7 Å². The van der Waals surface area contributed by atoms with Crippen molar-refractivity contribution in [3.63, 3.8) is 0 Å². The average Bonchev–Trinajstić information content (AvgIpc) is 3.15. The molecule has 1 aliphatic rings. The molecule has 6 nitrogen and oxygen atoms in total. The molecule has 1 unspecified atom stereocenters. The Hall–Kier alpha value is -2.38. The number of hydrogen-bond acceptors (Lipinski definition) is 4. The van der Waals surface area contributed by atoms with Gasteiger partial charge in [-0.15, -0.1) is 11.3 Å². The zero-order valence-electron chi connectivity index (χ0n) is 17.2. The van der Waals surface area contributed by atoms with Crippen molar-refractivity contribution in [2.75, 3.05) is 16.8 Å². The zero-order valence-corrected chi connectivity index (χ0v) is 18.8. The standard InChI is InChI=1S/C22H27ClN4O2S/c1-14(2)13-17(26-22(29)18-10-11-19(23)30-18)21(28)25-15-6-8-16(9-7-15)27-12-4-3-5-20(27)24/h6-11,14,17,24H,3-5,12-13H2,1-2H3,(H,25,28)(H,26,29). The quantitative estimate of drug-likeness (QED) is 0.549. The fraction of sp³-hybridized carbons (Fsp3) is 0.409. The number of hydrogen-bond donors (Lipinski definition) is 3.